The Hall–Kier alpha value is -2.84. The van der Waals surface area contributed by atoms with Crippen molar-refractivity contribution in [3.63, 3.8) is 0 Å². The van der Waals surface area contributed by atoms with E-state index in [1.807, 2.05) is 6.07 Å². The molecule has 2 aromatic rings. The summed E-state index contributed by atoms with van der Waals surface area (Å²) in [6.07, 6.45) is 2.35. The summed E-state index contributed by atoms with van der Waals surface area (Å²) in [5, 5.41) is 18.3. The fourth-order valence-corrected chi connectivity index (χ4v) is 3.87. The van der Waals surface area contributed by atoms with Crippen molar-refractivity contribution >= 4 is 23.3 Å². The van der Waals surface area contributed by atoms with Crippen LogP contribution in [0.25, 0.3) is 0 Å². The van der Waals surface area contributed by atoms with E-state index < -0.39 is 11.8 Å². The van der Waals surface area contributed by atoms with Gasteiger partial charge in [0.2, 0.25) is 5.90 Å². The lowest BCUT2D eigenvalue weighted by Gasteiger charge is -2.36. The molecule has 0 amide bonds. The van der Waals surface area contributed by atoms with Crippen LogP contribution >= 0.6 is 11.6 Å². The summed E-state index contributed by atoms with van der Waals surface area (Å²) in [5.41, 5.74) is 1.28. The number of halogens is 1. The van der Waals surface area contributed by atoms with Gasteiger partial charge in [-0.05, 0) is 29.8 Å². The Bertz CT molecular complexity index is 938. The standard InChI is InChI=1S/C20H15ClN2O3/c21-13-5-3-11(4-6-13)18-14(10-22)20(23)26-17-9-12(8-15(24)19(17)18)16-2-1-7-25-16/h1-7,12,14,18,23H,8-9H2. The number of allylic oxidation sites excluding steroid dienone is 2. The van der Waals surface area contributed by atoms with Crippen LogP contribution in [0.2, 0.25) is 5.02 Å². The maximum Gasteiger partial charge on any atom is 0.205 e. The topological polar surface area (TPSA) is 87.1 Å². The number of Topliss-reactive ketones (excluding diaryl/α,β-unsaturated/α-hetero) is 1. The molecule has 5 nitrogen and oxygen atoms in total. The van der Waals surface area contributed by atoms with E-state index in [9.17, 15) is 10.1 Å². The van der Waals surface area contributed by atoms with Gasteiger partial charge in [-0.15, -0.1) is 0 Å². The third kappa shape index (κ3) is 2.73. The first-order chi connectivity index (χ1) is 12.6. The van der Waals surface area contributed by atoms with E-state index in [0.29, 0.717) is 29.2 Å². The van der Waals surface area contributed by atoms with E-state index in [-0.39, 0.29) is 17.6 Å². The number of hydrogen-bond acceptors (Lipinski definition) is 5. The van der Waals surface area contributed by atoms with Crippen molar-refractivity contribution in [2.75, 3.05) is 0 Å². The summed E-state index contributed by atoms with van der Waals surface area (Å²) in [6, 6.07) is 12.8. The van der Waals surface area contributed by atoms with Gasteiger partial charge in [-0.2, -0.15) is 5.26 Å². The van der Waals surface area contributed by atoms with Crippen LogP contribution < -0.4 is 0 Å². The Morgan fingerprint density at radius 3 is 2.62 bits per heavy atom. The molecule has 1 aliphatic heterocycles. The largest absolute Gasteiger partial charge is 0.469 e. The summed E-state index contributed by atoms with van der Waals surface area (Å²) in [4.78, 5) is 13.0. The molecule has 4 rings (SSSR count). The third-order valence-corrected chi connectivity index (χ3v) is 5.19. The van der Waals surface area contributed by atoms with Gasteiger partial charge in [-0.3, -0.25) is 10.2 Å². The molecule has 3 atom stereocenters. The number of ketones is 1. The van der Waals surface area contributed by atoms with Crippen LogP contribution in [0, 0.1) is 22.7 Å². The molecule has 3 unspecified atom stereocenters. The minimum absolute atomic E-state index is 0.0691. The van der Waals surface area contributed by atoms with E-state index in [2.05, 4.69) is 6.07 Å². The molecule has 1 aliphatic carbocycles. The minimum Gasteiger partial charge on any atom is -0.469 e. The van der Waals surface area contributed by atoms with Crippen molar-refractivity contribution in [1.82, 2.24) is 0 Å². The number of nitriles is 1. The number of carbonyl (C=O) groups excluding carboxylic acids is 1. The number of carbonyl (C=O) groups is 1. The van der Waals surface area contributed by atoms with Gasteiger partial charge < -0.3 is 9.15 Å². The maximum atomic E-state index is 13.0. The molecular formula is C20H15ClN2O3. The summed E-state index contributed by atoms with van der Waals surface area (Å²) in [7, 11) is 0. The van der Waals surface area contributed by atoms with Gasteiger partial charge in [0.15, 0.2) is 5.78 Å². The van der Waals surface area contributed by atoms with Crippen LogP contribution in [0.3, 0.4) is 0 Å². The van der Waals surface area contributed by atoms with Crippen molar-refractivity contribution in [3.8, 4) is 6.07 Å². The number of nitrogens with one attached hydrogen (secondary N) is 1. The van der Waals surface area contributed by atoms with E-state index >= 15 is 0 Å². The first-order valence-corrected chi connectivity index (χ1v) is 8.67. The Kier molecular flexibility index (Phi) is 4.14. The smallest absolute Gasteiger partial charge is 0.205 e. The molecule has 0 radical (unpaired) electrons. The molecule has 0 bridgehead atoms. The number of nitrogens with zero attached hydrogens (tertiary/aromatic N) is 1. The molecule has 130 valence electrons. The van der Waals surface area contributed by atoms with Gasteiger partial charge in [0, 0.05) is 35.3 Å². The van der Waals surface area contributed by atoms with E-state index in [4.69, 9.17) is 26.2 Å². The lowest BCUT2D eigenvalue weighted by molar-refractivity contribution is -0.117. The predicted molar refractivity (Wildman–Crippen MR) is 94.8 cm³/mol. The number of rotatable bonds is 2. The molecule has 0 spiro atoms. The van der Waals surface area contributed by atoms with Gasteiger partial charge >= 0.3 is 0 Å². The zero-order chi connectivity index (χ0) is 18.3. The van der Waals surface area contributed by atoms with Crippen LogP contribution in [-0.4, -0.2) is 11.7 Å². The van der Waals surface area contributed by atoms with Crippen molar-refractivity contribution < 1.29 is 13.9 Å². The summed E-state index contributed by atoms with van der Waals surface area (Å²) in [6.45, 7) is 0. The second-order valence-corrected chi connectivity index (χ2v) is 6.92. The Morgan fingerprint density at radius 2 is 1.96 bits per heavy atom. The zero-order valence-corrected chi connectivity index (χ0v) is 14.5. The number of benzene rings is 1. The Labute approximate surface area is 155 Å². The second kappa shape index (κ2) is 6.47. The molecule has 0 fully saturated rings. The quantitative estimate of drug-likeness (QED) is 0.843. The molecule has 0 saturated heterocycles. The number of furan rings is 1. The van der Waals surface area contributed by atoms with Crippen LogP contribution in [-0.2, 0) is 9.53 Å². The van der Waals surface area contributed by atoms with Crippen molar-refractivity contribution in [1.29, 1.82) is 10.7 Å². The normalized spacial score (nSPS) is 25.5. The zero-order valence-electron chi connectivity index (χ0n) is 13.7. The number of hydrogen-bond donors (Lipinski definition) is 1. The van der Waals surface area contributed by atoms with Crippen LogP contribution in [0.5, 0.6) is 0 Å². The van der Waals surface area contributed by atoms with Crippen molar-refractivity contribution in [2.45, 2.75) is 24.7 Å². The summed E-state index contributed by atoms with van der Waals surface area (Å²) < 4.78 is 11.1. The van der Waals surface area contributed by atoms with Gasteiger partial charge in [-0.1, -0.05) is 23.7 Å². The molecule has 0 saturated carbocycles. The minimum atomic E-state index is -0.834. The highest BCUT2D eigenvalue weighted by atomic mass is 35.5. The second-order valence-electron chi connectivity index (χ2n) is 6.48. The van der Waals surface area contributed by atoms with Crippen molar-refractivity contribution in [2.24, 2.45) is 5.92 Å². The fourth-order valence-electron chi connectivity index (χ4n) is 3.74. The highest BCUT2D eigenvalue weighted by Gasteiger charge is 2.44. The first kappa shape index (κ1) is 16.6. The lowest BCUT2D eigenvalue weighted by Crippen LogP contribution is -2.36. The molecule has 26 heavy (non-hydrogen) atoms. The monoisotopic (exact) mass is 366 g/mol. The lowest BCUT2D eigenvalue weighted by atomic mass is 9.72. The molecule has 6 heteroatoms. The fraction of sp³-hybridized carbons (Fsp3) is 0.250. The van der Waals surface area contributed by atoms with Crippen LogP contribution in [0.4, 0.5) is 0 Å². The van der Waals surface area contributed by atoms with E-state index in [1.165, 1.54) is 0 Å². The predicted octanol–water partition coefficient (Wildman–Crippen LogP) is 4.56. The average Bonchev–Trinajstić information content (AvgIpc) is 3.16. The highest BCUT2D eigenvalue weighted by molar-refractivity contribution is 6.30. The van der Waals surface area contributed by atoms with Gasteiger partial charge in [0.05, 0.1) is 12.3 Å². The van der Waals surface area contributed by atoms with E-state index in [0.717, 1.165) is 11.3 Å². The SMILES string of the molecule is N#CC1C(=N)OC2=C(C(=O)CC(c3ccco3)C2)C1c1ccc(Cl)cc1. The third-order valence-electron chi connectivity index (χ3n) is 4.94. The summed E-state index contributed by atoms with van der Waals surface area (Å²) in [5.74, 6) is -0.463. The van der Waals surface area contributed by atoms with Crippen LogP contribution in [0.15, 0.2) is 58.4 Å². The maximum absolute atomic E-state index is 13.0. The molecule has 1 aromatic heterocycles. The van der Waals surface area contributed by atoms with Crippen molar-refractivity contribution in [3.05, 3.63) is 70.3 Å². The molecule has 2 heterocycles. The number of ether oxygens (including phenoxy) is 1. The van der Waals surface area contributed by atoms with Gasteiger partial charge in [0.25, 0.3) is 0 Å². The van der Waals surface area contributed by atoms with Crippen LogP contribution in [0.1, 0.15) is 36.0 Å². The Balaban J connectivity index is 1.80. The molecular weight excluding hydrogens is 352 g/mol. The average molecular weight is 367 g/mol. The van der Waals surface area contributed by atoms with E-state index in [1.54, 1.807) is 36.6 Å². The molecule has 1 aromatic carbocycles. The molecule has 1 N–H and O–H groups in total. The summed E-state index contributed by atoms with van der Waals surface area (Å²) >= 11 is 5.97. The molecule has 2 aliphatic rings. The Morgan fingerprint density at radius 1 is 1.19 bits per heavy atom. The van der Waals surface area contributed by atoms with Gasteiger partial charge in [0.1, 0.15) is 17.4 Å². The van der Waals surface area contributed by atoms with Gasteiger partial charge in [-0.25, -0.2) is 0 Å². The first-order valence-electron chi connectivity index (χ1n) is 8.29. The highest BCUT2D eigenvalue weighted by Crippen LogP contribution is 2.46.